The van der Waals surface area contributed by atoms with Gasteiger partial charge in [-0.05, 0) is 37.4 Å². The first-order valence-electron chi connectivity index (χ1n) is 7.68. The van der Waals surface area contributed by atoms with Crippen molar-refractivity contribution in [1.82, 2.24) is 14.8 Å². The highest BCUT2D eigenvalue weighted by atomic mass is 15.3. The minimum Gasteiger partial charge on any atom is -0.302 e. The minimum atomic E-state index is 0.766. The van der Waals surface area contributed by atoms with Gasteiger partial charge in [0.05, 0.1) is 5.69 Å². The Hall–Kier alpha value is -1.45. The zero-order valence-corrected chi connectivity index (χ0v) is 11.8. The van der Waals surface area contributed by atoms with Crippen LogP contribution in [0.15, 0.2) is 36.5 Å². The first kappa shape index (κ1) is 12.3. The number of pyridine rings is 1. The molecule has 104 valence electrons. The molecule has 0 N–H and O–H groups in total. The van der Waals surface area contributed by atoms with Crippen LogP contribution in [-0.4, -0.2) is 47.0 Å². The van der Waals surface area contributed by atoms with Crippen LogP contribution in [0.5, 0.6) is 0 Å². The lowest BCUT2D eigenvalue weighted by Gasteiger charge is -2.31. The van der Waals surface area contributed by atoms with Crippen LogP contribution in [0, 0.1) is 0 Å². The van der Waals surface area contributed by atoms with Crippen molar-refractivity contribution in [2.24, 2.45) is 0 Å². The molecule has 0 spiro atoms. The summed E-state index contributed by atoms with van der Waals surface area (Å²) >= 11 is 0. The first-order valence-corrected chi connectivity index (χ1v) is 7.68. The molecule has 3 nitrogen and oxygen atoms in total. The predicted molar refractivity (Wildman–Crippen MR) is 81.6 cm³/mol. The molecule has 0 amide bonds. The van der Waals surface area contributed by atoms with Crippen LogP contribution < -0.4 is 0 Å². The minimum absolute atomic E-state index is 0.766. The Morgan fingerprint density at radius 1 is 1.00 bits per heavy atom. The molecule has 20 heavy (non-hydrogen) atoms. The number of rotatable bonds is 2. The summed E-state index contributed by atoms with van der Waals surface area (Å²) < 4.78 is 0. The highest BCUT2D eigenvalue weighted by Gasteiger charge is 2.28. The third-order valence-corrected chi connectivity index (χ3v) is 4.83. The van der Waals surface area contributed by atoms with E-state index in [1.165, 1.54) is 55.5 Å². The lowest BCUT2D eigenvalue weighted by molar-refractivity contribution is 0.175. The van der Waals surface area contributed by atoms with Gasteiger partial charge in [0.1, 0.15) is 0 Å². The zero-order valence-electron chi connectivity index (χ0n) is 11.8. The topological polar surface area (TPSA) is 19.4 Å². The normalized spacial score (nSPS) is 26.8. The second-order valence-electron chi connectivity index (χ2n) is 6.07. The molecule has 2 bridgehead atoms. The monoisotopic (exact) mass is 267 g/mol. The van der Waals surface area contributed by atoms with E-state index in [2.05, 4.69) is 45.1 Å². The van der Waals surface area contributed by atoms with Crippen LogP contribution in [0.1, 0.15) is 18.5 Å². The van der Waals surface area contributed by atoms with Gasteiger partial charge in [0, 0.05) is 37.3 Å². The maximum absolute atomic E-state index is 4.66. The van der Waals surface area contributed by atoms with Crippen molar-refractivity contribution in [3.8, 4) is 0 Å². The van der Waals surface area contributed by atoms with Gasteiger partial charge < -0.3 is 4.90 Å². The number of fused-ring (bicyclic) bond motifs is 5. The van der Waals surface area contributed by atoms with Crippen LogP contribution in [-0.2, 0) is 6.54 Å². The Labute approximate surface area is 120 Å². The average Bonchev–Trinajstić information content (AvgIpc) is 2.81. The lowest BCUT2D eigenvalue weighted by atomic mass is 10.0. The van der Waals surface area contributed by atoms with Crippen LogP contribution in [0.25, 0.3) is 10.8 Å². The summed E-state index contributed by atoms with van der Waals surface area (Å²) in [4.78, 5) is 9.90. The molecular weight excluding hydrogens is 246 g/mol. The van der Waals surface area contributed by atoms with Crippen LogP contribution >= 0.6 is 0 Å². The summed E-state index contributed by atoms with van der Waals surface area (Å²) in [6.45, 7) is 5.99. The van der Waals surface area contributed by atoms with Gasteiger partial charge in [0.2, 0.25) is 0 Å². The third-order valence-electron chi connectivity index (χ3n) is 4.83. The van der Waals surface area contributed by atoms with Crippen molar-refractivity contribution in [3.05, 3.63) is 42.2 Å². The van der Waals surface area contributed by atoms with Crippen molar-refractivity contribution >= 4 is 10.8 Å². The lowest BCUT2D eigenvalue weighted by Crippen LogP contribution is -2.37. The number of aromatic nitrogens is 1. The molecule has 0 atom stereocenters. The zero-order chi connectivity index (χ0) is 13.4. The van der Waals surface area contributed by atoms with E-state index >= 15 is 0 Å². The van der Waals surface area contributed by atoms with Gasteiger partial charge in [-0.1, -0.05) is 24.3 Å². The molecule has 3 aliphatic heterocycles. The Bertz CT molecular complexity index is 602. The van der Waals surface area contributed by atoms with Crippen molar-refractivity contribution in [2.45, 2.75) is 25.4 Å². The molecule has 0 radical (unpaired) electrons. The Balaban J connectivity index is 1.57. The molecule has 0 aliphatic carbocycles. The molecule has 3 aliphatic rings. The molecular formula is C17H21N3. The maximum Gasteiger partial charge on any atom is 0.0550 e. The van der Waals surface area contributed by atoms with E-state index in [0.29, 0.717) is 0 Å². The molecule has 5 rings (SSSR count). The smallest absolute Gasteiger partial charge is 0.0550 e. The molecule has 3 saturated heterocycles. The second kappa shape index (κ2) is 5.15. The predicted octanol–water partition coefficient (Wildman–Crippen LogP) is 2.51. The van der Waals surface area contributed by atoms with Crippen LogP contribution in [0.4, 0.5) is 0 Å². The fourth-order valence-electron chi connectivity index (χ4n) is 3.59. The molecule has 1 aromatic heterocycles. The summed E-state index contributed by atoms with van der Waals surface area (Å²) in [5.41, 5.74) is 1.21. The fourth-order valence-corrected chi connectivity index (χ4v) is 3.59. The van der Waals surface area contributed by atoms with E-state index in [1.54, 1.807) is 0 Å². The van der Waals surface area contributed by atoms with Gasteiger partial charge in [-0.2, -0.15) is 0 Å². The van der Waals surface area contributed by atoms with Gasteiger partial charge in [-0.25, -0.2) is 0 Å². The van der Waals surface area contributed by atoms with Crippen molar-refractivity contribution in [3.63, 3.8) is 0 Å². The van der Waals surface area contributed by atoms with Crippen LogP contribution in [0.2, 0.25) is 0 Å². The highest BCUT2D eigenvalue weighted by Crippen LogP contribution is 2.23. The Kier molecular flexibility index (Phi) is 3.17. The fraction of sp³-hybridized carbons (Fsp3) is 0.471. The summed E-state index contributed by atoms with van der Waals surface area (Å²) in [7, 11) is 0. The van der Waals surface area contributed by atoms with Gasteiger partial charge >= 0.3 is 0 Å². The number of nitrogens with zero attached hydrogens (tertiary/aromatic N) is 3. The van der Waals surface area contributed by atoms with E-state index in [0.717, 1.165) is 12.6 Å². The number of hydrogen-bond acceptors (Lipinski definition) is 3. The number of hydrogen-bond donors (Lipinski definition) is 0. The van der Waals surface area contributed by atoms with E-state index in [1.807, 2.05) is 6.20 Å². The SMILES string of the molecule is c1ccc2cc(CN3CCN4CCC3CC4)ncc2c1. The van der Waals surface area contributed by atoms with Crippen molar-refractivity contribution in [1.29, 1.82) is 0 Å². The molecule has 0 unspecified atom stereocenters. The third kappa shape index (κ3) is 2.32. The molecule has 1 aromatic carbocycles. The van der Waals surface area contributed by atoms with E-state index in [4.69, 9.17) is 0 Å². The quantitative estimate of drug-likeness (QED) is 0.833. The van der Waals surface area contributed by atoms with Crippen molar-refractivity contribution < 1.29 is 0 Å². The molecule has 4 heterocycles. The highest BCUT2D eigenvalue weighted by molar-refractivity contribution is 5.81. The summed E-state index contributed by atoms with van der Waals surface area (Å²) in [6, 6.07) is 11.5. The van der Waals surface area contributed by atoms with E-state index < -0.39 is 0 Å². The standard InChI is InChI=1S/C17H21N3/c1-2-4-15-12-18-16(11-14(15)3-1)13-20-10-9-19-7-5-17(20)6-8-19/h1-4,11-12,17H,5-10,13H2. The van der Waals surface area contributed by atoms with Gasteiger partial charge in [0.15, 0.2) is 0 Å². The average molecular weight is 267 g/mol. The Morgan fingerprint density at radius 3 is 2.65 bits per heavy atom. The molecule has 3 fully saturated rings. The summed E-state index contributed by atoms with van der Waals surface area (Å²) in [6.07, 6.45) is 4.67. The number of benzene rings is 1. The number of piperidine rings is 1. The molecule has 2 aromatic rings. The molecule has 0 saturated carbocycles. The van der Waals surface area contributed by atoms with E-state index in [9.17, 15) is 0 Å². The largest absolute Gasteiger partial charge is 0.302 e. The first-order chi connectivity index (χ1) is 9.88. The second-order valence-corrected chi connectivity index (χ2v) is 6.07. The van der Waals surface area contributed by atoms with Gasteiger partial charge in [-0.3, -0.25) is 9.88 Å². The van der Waals surface area contributed by atoms with Crippen molar-refractivity contribution in [2.75, 3.05) is 26.2 Å². The molecule has 3 heteroatoms. The van der Waals surface area contributed by atoms with Crippen LogP contribution in [0.3, 0.4) is 0 Å². The van der Waals surface area contributed by atoms with Gasteiger partial charge in [0.25, 0.3) is 0 Å². The van der Waals surface area contributed by atoms with E-state index in [-0.39, 0.29) is 0 Å². The Morgan fingerprint density at radius 2 is 1.80 bits per heavy atom. The summed E-state index contributed by atoms with van der Waals surface area (Å²) in [5.74, 6) is 0. The maximum atomic E-state index is 4.66. The summed E-state index contributed by atoms with van der Waals surface area (Å²) in [5, 5.41) is 2.54. The van der Waals surface area contributed by atoms with Gasteiger partial charge in [-0.15, -0.1) is 0 Å².